The SMILES string of the molecule is Cc1nnc(Oc2ccccc2)c(C#N)c1C. The molecule has 4 heteroatoms. The number of hydrogen-bond acceptors (Lipinski definition) is 4. The second-order valence-corrected chi connectivity index (χ2v) is 3.62. The fourth-order valence-electron chi connectivity index (χ4n) is 1.39. The molecule has 1 aromatic carbocycles. The first-order valence-electron chi connectivity index (χ1n) is 5.19. The number of nitrogens with zero attached hydrogens (tertiary/aromatic N) is 3. The van der Waals surface area contributed by atoms with Gasteiger partial charge in [-0.1, -0.05) is 18.2 Å². The Kier molecular flexibility index (Phi) is 3.01. The van der Waals surface area contributed by atoms with E-state index in [1.165, 1.54) is 0 Å². The average Bonchev–Trinajstić information content (AvgIpc) is 2.36. The molecule has 0 amide bonds. The Labute approximate surface area is 99.5 Å². The van der Waals surface area contributed by atoms with Gasteiger partial charge in [0.05, 0.1) is 5.69 Å². The molecule has 0 saturated carbocycles. The summed E-state index contributed by atoms with van der Waals surface area (Å²) in [6.45, 7) is 3.65. The molecular weight excluding hydrogens is 214 g/mol. The van der Waals surface area contributed by atoms with Gasteiger partial charge in [-0.3, -0.25) is 0 Å². The summed E-state index contributed by atoms with van der Waals surface area (Å²) < 4.78 is 5.54. The molecule has 0 spiro atoms. The van der Waals surface area contributed by atoms with Crippen LogP contribution in [0.5, 0.6) is 11.6 Å². The smallest absolute Gasteiger partial charge is 0.257 e. The maximum atomic E-state index is 9.10. The second-order valence-electron chi connectivity index (χ2n) is 3.62. The van der Waals surface area contributed by atoms with Crippen molar-refractivity contribution < 1.29 is 4.74 Å². The molecule has 0 atom stereocenters. The summed E-state index contributed by atoms with van der Waals surface area (Å²) in [6, 6.07) is 11.3. The third kappa shape index (κ3) is 2.23. The quantitative estimate of drug-likeness (QED) is 0.788. The van der Waals surface area contributed by atoms with Crippen LogP contribution in [0.2, 0.25) is 0 Å². The van der Waals surface area contributed by atoms with Gasteiger partial charge in [-0.25, -0.2) is 0 Å². The predicted molar refractivity (Wildman–Crippen MR) is 62.7 cm³/mol. The lowest BCUT2D eigenvalue weighted by molar-refractivity contribution is 0.452. The first-order chi connectivity index (χ1) is 8.22. The highest BCUT2D eigenvalue weighted by atomic mass is 16.5. The number of para-hydroxylation sites is 1. The molecule has 17 heavy (non-hydrogen) atoms. The van der Waals surface area contributed by atoms with Crippen LogP contribution in [-0.2, 0) is 0 Å². The summed E-state index contributed by atoms with van der Waals surface area (Å²) in [4.78, 5) is 0. The fraction of sp³-hybridized carbons (Fsp3) is 0.154. The Hall–Kier alpha value is -2.41. The molecule has 0 fully saturated rings. The fourth-order valence-corrected chi connectivity index (χ4v) is 1.39. The number of aryl methyl sites for hydroxylation is 1. The van der Waals surface area contributed by atoms with Crippen LogP contribution in [0.4, 0.5) is 0 Å². The van der Waals surface area contributed by atoms with E-state index in [9.17, 15) is 0 Å². The molecule has 0 aliphatic carbocycles. The number of aromatic nitrogens is 2. The number of benzene rings is 1. The summed E-state index contributed by atoms with van der Waals surface area (Å²) in [5.74, 6) is 0.892. The van der Waals surface area contributed by atoms with E-state index in [0.29, 0.717) is 11.3 Å². The van der Waals surface area contributed by atoms with Crippen molar-refractivity contribution in [1.82, 2.24) is 10.2 Å². The minimum Gasteiger partial charge on any atom is -0.437 e. The van der Waals surface area contributed by atoms with Gasteiger partial charge in [0.15, 0.2) is 0 Å². The molecule has 0 saturated heterocycles. The van der Waals surface area contributed by atoms with Crippen LogP contribution >= 0.6 is 0 Å². The highest BCUT2D eigenvalue weighted by molar-refractivity contribution is 5.46. The Bertz CT molecular complexity index is 573. The summed E-state index contributed by atoms with van der Waals surface area (Å²) in [5.41, 5.74) is 1.97. The van der Waals surface area contributed by atoms with E-state index in [-0.39, 0.29) is 5.88 Å². The van der Waals surface area contributed by atoms with Crippen LogP contribution < -0.4 is 4.74 Å². The predicted octanol–water partition coefficient (Wildman–Crippen LogP) is 2.76. The van der Waals surface area contributed by atoms with Gasteiger partial charge < -0.3 is 4.74 Å². The third-order valence-electron chi connectivity index (χ3n) is 2.49. The highest BCUT2D eigenvalue weighted by Gasteiger charge is 2.12. The van der Waals surface area contributed by atoms with Crippen molar-refractivity contribution in [3.05, 3.63) is 47.2 Å². The van der Waals surface area contributed by atoms with Crippen LogP contribution in [0.25, 0.3) is 0 Å². The van der Waals surface area contributed by atoms with Crippen LogP contribution in [0.15, 0.2) is 30.3 Å². The molecule has 4 nitrogen and oxygen atoms in total. The van der Waals surface area contributed by atoms with Gasteiger partial charge in [-0.2, -0.15) is 10.4 Å². The molecule has 2 aromatic rings. The number of hydrogen-bond donors (Lipinski definition) is 0. The molecule has 0 aliphatic heterocycles. The number of ether oxygens (including phenoxy) is 1. The van der Waals surface area contributed by atoms with Crippen molar-refractivity contribution >= 4 is 0 Å². The molecule has 1 heterocycles. The zero-order valence-corrected chi connectivity index (χ0v) is 9.64. The van der Waals surface area contributed by atoms with Crippen LogP contribution in [0.3, 0.4) is 0 Å². The Morgan fingerprint density at radius 2 is 1.82 bits per heavy atom. The van der Waals surface area contributed by atoms with E-state index < -0.39 is 0 Å². The summed E-state index contributed by atoms with van der Waals surface area (Å²) in [7, 11) is 0. The van der Waals surface area contributed by atoms with Crippen molar-refractivity contribution in [2.75, 3.05) is 0 Å². The zero-order chi connectivity index (χ0) is 12.3. The molecule has 1 aromatic heterocycles. The average molecular weight is 225 g/mol. The Morgan fingerprint density at radius 3 is 2.47 bits per heavy atom. The highest BCUT2D eigenvalue weighted by Crippen LogP contribution is 2.24. The van der Waals surface area contributed by atoms with Crippen LogP contribution in [-0.4, -0.2) is 10.2 Å². The van der Waals surface area contributed by atoms with E-state index in [0.717, 1.165) is 11.3 Å². The van der Waals surface area contributed by atoms with E-state index in [1.54, 1.807) is 12.1 Å². The molecule has 2 rings (SSSR count). The summed E-state index contributed by atoms with van der Waals surface area (Å²) in [5, 5.41) is 17.0. The van der Waals surface area contributed by atoms with Crippen molar-refractivity contribution in [2.45, 2.75) is 13.8 Å². The lowest BCUT2D eigenvalue weighted by Gasteiger charge is -2.08. The Morgan fingerprint density at radius 1 is 1.12 bits per heavy atom. The molecule has 0 aliphatic rings. The van der Waals surface area contributed by atoms with Crippen molar-refractivity contribution in [2.24, 2.45) is 0 Å². The Balaban J connectivity index is 2.41. The molecule has 84 valence electrons. The van der Waals surface area contributed by atoms with Gasteiger partial charge in [-0.15, -0.1) is 5.10 Å². The topological polar surface area (TPSA) is 58.8 Å². The normalized spacial score (nSPS) is 9.71. The van der Waals surface area contributed by atoms with E-state index in [1.807, 2.05) is 32.0 Å². The van der Waals surface area contributed by atoms with Crippen molar-refractivity contribution in [3.63, 3.8) is 0 Å². The third-order valence-corrected chi connectivity index (χ3v) is 2.49. The van der Waals surface area contributed by atoms with Crippen molar-refractivity contribution in [3.8, 4) is 17.7 Å². The molecule has 0 radical (unpaired) electrons. The standard InChI is InChI=1S/C13H11N3O/c1-9-10(2)15-16-13(12(9)8-14)17-11-6-4-3-5-7-11/h3-7H,1-2H3. The summed E-state index contributed by atoms with van der Waals surface area (Å²) in [6.07, 6.45) is 0. The van der Waals surface area contributed by atoms with Gasteiger partial charge in [0, 0.05) is 0 Å². The summed E-state index contributed by atoms with van der Waals surface area (Å²) >= 11 is 0. The molecule has 0 N–H and O–H groups in total. The first kappa shape index (κ1) is 11.1. The lowest BCUT2D eigenvalue weighted by Crippen LogP contribution is -2.00. The van der Waals surface area contributed by atoms with E-state index in [4.69, 9.17) is 10.00 Å². The maximum Gasteiger partial charge on any atom is 0.257 e. The minimum atomic E-state index is 0.252. The van der Waals surface area contributed by atoms with Gasteiger partial charge >= 0.3 is 0 Å². The second kappa shape index (κ2) is 4.62. The van der Waals surface area contributed by atoms with Crippen molar-refractivity contribution in [1.29, 1.82) is 5.26 Å². The van der Waals surface area contributed by atoms with Crippen LogP contribution in [0, 0.1) is 25.2 Å². The molecular formula is C13H11N3O. The minimum absolute atomic E-state index is 0.252. The van der Waals surface area contributed by atoms with E-state index in [2.05, 4.69) is 16.3 Å². The number of rotatable bonds is 2. The zero-order valence-electron chi connectivity index (χ0n) is 9.64. The maximum absolute atomic E-state index is 9.10. The van der Waals surface area contributed by atoms with Gasteiger partial charge in [0.25, 0.3) is 5.88 Å². The monoisotopic (exact) mass is 225 g/mol. The lowest BCUT2D eigenvalue weighted by atomic mass is 10.1. The van der Waals surface area contributed by atoms with Gasteiger partial charge in [0.2, 0.25) is 0 Å². The van der Waals surface area contributed by atoms with Gasteiger partial charge in [0.1, 0.15) is 17.4 Å². The van der Waals surface area contributed by atoms with Gasteiger partial charge in [-0.05, 0) is 31.5 Å². The number of nitriles is 1. The molecule has 0 bridgehead atoms. The molecule has 0 unspecified atom stereocenters. The largest absolute Gasteiger partial charge is 0.437 e. The van der Waals surface area contributed by atoms with E-state index >= 15 is 0 Å². The van der Waals surface area contributed by atoms with Crippen LogP contribution in [0.1, 0.15) is 16.8 Å². The first-order valence-corrected chi connectivity index (χ1v) is 5.19.